The molecule has 210 valence electrons. The lowest BCUT2D eigenvalue weighted by atomic mass is 9.87. The van der Waals surface area contributed by atoms with Gasteiger partial charge in [0, 0.05) is 61.4 Å². The van der Waals surface area contributed by atoms with E-state index in [0.29, 0.717) is 42.3 Å². The fraction of sp³-hybridized carbons (Fsp3) is 0.440. The molecule has 0 bridgehead atoms. The maximum atomic E-state index is 13.4. The van der Waals surface area contributed by atoms with Crippen LogP contribution in [0.3, 0.4) is 0 Å². The molecule has 3 aliphatic heterocycles. The fourth-order valence-corrected chi connectivity index (χ4v) is 7.92. The molecule has 2 saturated heterocycles. The zero-order valence-corrected chi connectivity index (χ0v) is 23.8. The van der Waals surface area contributed by atoms with Crippen LogP contribution < -0.4 is 14.4 Å². The minimum absolute atomic E-state index is 0.0669. The second-order valence-corrected chi connectivity index (χ2v) is 14.3. The lowest BCUT2D eigenvalue weighted by Gasteiger charge is -2.46. The van der Waals surface area contributed by atoms with Crippen LogP contribution in [-0.4, -0.2) is 94.6 Å². The van der Waals surface area contributed by atoms with Crippen LogP contribution in [0.5, 0.6) is 5.75 Å². The molecule has 5 rings (SSSR count). The molecule has 2 aromatic rings. The molecular formula is C25H30ClN5O6S2. The summed E-state index contributed by atoms with van der Waals surface area (Å²) < 4.78 is 60.9. The van der Waals surface area contributed by atoms with Crippen molar-refractivity contribution in [3.63, 3.8) is 0 Å². The van der Waals surface area contributed by atoms with Crippen LogP contribution in [0.25, 0.3) is 6.08 Å². The van der Waals surface area contributed by atoms with Crippen LogP contribution in [-0.2, 0) is 24.8 Å². The molecule has 0 spiro atoms. The third kappa shape index (κ3) is 6.22. The van der Waals surface area contributed by atoms with Crippen LogP contribution in [0.1, 0.15) is 18.4 Å². The summed E-state index contributed by atoms with van der Waals surface area (Å²) >= 11 is 5.99. The number of carbonyl (C=O) groups is 1. The lowest BCUT2D eigenvalue weighted by Crippen LogP contribution is -2.63. The molecular weight excluding hydrogens is 566 g/mol. The predicted molar refractivity (Wildman–Crippen MR) is 148 cm³/mol. The molecule has 1 aromatic carbocycles. The first-order valence-corrected chi connectivity index (χ1v) is 16.2. The van der Waals surface area contributed by atoms with Gasteiger partial charge in [0.25, 0.3) is 0 Å². The molecule has 2 fully saturated rings. The Bertz CT molecular complexity index is 1490. The summed E-state index contributed by atoms with van der Waals surface area (Å²) in [5.74, 6) is 0.126. The van der Waals surface area contributed by atoms with Crippen LogP contribution in [0.2, 0.25) is 5.02 Å². The van der Waals surface area contributed by atoms with Crippen molar-refractivity contribution in [1.29, 1.82) is 0 Å². The number of aromatic nitrogens is 1. The van der Waals surface area contributed by atoms with E-state index in [2.05, 4.69) is 14.6 Å². The number of hydrogen-bond acceptors (Lipinski definition) is 8. The van der Waals surface area contributed by atoms with Gasteiger partial charge in [-0.2, -0.15) is 4.31 Å². The maximum Gasteiger partial charge on any atom is 0.243 e. The van der Waals surface area contributed by atoms with Gasteiger partial charge in [-0.25, -0.2) is 21.6 Å². The van der Waals surface area contributed by atoms with E-state index in [0.717, 1.165) is 16.2 Å². The van der Waals surface area contributed by atoms with Crippen LogP contribution >= 0.6 is 11.6 Å². The monoisotopic (exact) mass is 595 g/mol. The molecule has 0 saturated carbocycles. The molecule has 0 radical (unpaired) electrons. The maximum absolute atomic E-state index is 13.4. The second kappa shape index (κ2) is 10.7. The van der Waals surface area contributed by atoms with Crippen molar-refractivity contribution in [1.82, 2.24) is 18.9 Å². The number of nitrogens with one attached hydrogen (secondary N) is 1. The number of carbonyl (C=O) groups excluding carboxylic acids is 1. The number of fused-ring (bicyclic) bond motifs is 1. The number of sulfonamides is 2. The highest BCUT2D eigenvalue weighted by atomic mass is 35.5. The Morgan fingerprint density at radius 3 is 2.44 bits per heavy atom. The molecule has 0 aliphatic carbocycles. The van der Waals surface area contributed by atoms with Gasteiger partial charge in [0.2, 0.25) is 26.0 Å². The molecule has 0 unspecified atom stereocenters. The summed E-state index contributed by atoms with van der Waals surface area (Å²) in [6, 6.07) is 8.77. The fourth-order valence-electron chi connectivity index (χ4n) is 5.29. The molecule has 3 aliphatic rings. The predicted octanol–water partition coefficient (Wildman–Crippen LogP) is 1.53. The average Bonchev–Trinajstić information content (AvgIpc) is 2.89. The minimum Gasteiger partial charge on any atom is -0.487 e. The standard InChI is InChI=1S/C25H30ClN5O6S2/c1-38(33,34)28-25(6-10-29(11-7-25)21-4-8-27-9-5-21)18-30-12-13-31(16-24(30)32)39(35,36)22-14-19-2-3-20(26)15-23(19)37-17-22/h2-5,8-9,14-15,28H,6-7,10-13,16-18H2,1H3. The van der Waals surface area contributed by atoms with Crippen molar-refractivity contribution in [2.75, 3.05) is 57.0 Å². The largest absolute Gasteiger partial charge is 0.487 e. The van der Waals surface area contributed by atoms with Gasteiger partial charge in [0.05, 0.1) is 23.2 Å². The van der Waals surface area contributed by atoms with Gasteiger partial charge >= 0.3 is 0 Å². The number of benzene rings is 1. The Morgan fingerprint density at radius 1 is 1.05 bits per heavy atom. The number of nitrogens with zero attached hydrogens (tertiary/aromatic N) is 4. The Morgan fingerprint density at radius 2 is 1.77 bits per heavy atom. The number of hydrogen-bond donors (Lipinski definition) is 1. The number of rotatable bonds is 7. The summed E-state index contributed by atoms with van der Waals surface area (Å²) in [7, 11) is -7.50. The van der Waals surface area contributed by atoms with Gasteiger partial charge in [-0.1, -0.05) is 11.6 Å². The van der Waals surface area contributed by atoms with E-state index in [4.69, 9.17) is 16.3 Å². The van der Waals surface area contributed by atoms with E-state index in [-0.39, 0.29) is 43.6 Å². The SMILES string of the molecule is CS(=O)(=O)NC1(CN2CCN(S(=O)(=O)C3=Cc4ccc(Cl)cc4OC3)CC2=O)CCN(c2ccncc2)CC1. The average molecular weight is 596 g/mol. The second-order valence-electron chi connectivity index (χ2n) is 10.1. The third-order valence-electron chi connectivity index (χ3n) is 7.26. The highest BCUT2D eigenvalue weighted by Crippen LogP contribution is 2.33. The number of halogens is 1. The van der Waals surface area contributed by atoms with Crippen molar-refractivity contribution < 1.29 is 26.4 Å². The van der Waals surface area contributed by atoms with E-state index in [1.807, 2.05) is 12.1 Å². The number of amides is 1. The number of ether oxygens (including phenoxy) is 1. The van der Waals surface area contributed by atoms with Gasteiger partial charge in [-0.3, -0.25) is 9.78 Å². The van der Waals surface area contributed by atoms with Crippen molar-refractivity contribution in [2.24, 2.45) is 0 Å². The quantitative estimate of drug-likeness (QED) is 0.510. The summed E-state index contributed by atoms with van der Waals surface area (Å²) in [5, 5.41) is 0.487. The molecule has 0 atom stereocenters. The number of pyridine rings is 1. The zero-order valence-electron chi connectivity index (χ0n) is 21.4. The van der Waals surface area contributed by atoms with Gasteiger partial charge < -0.3 is 14.5 Å². The lowest BCUT2D eigenvalue weighted by molar-refractivity contribution is -0.135. The Labute approximate surface area is 233 Å². The first kappa shape index (κ1) is 27.8. The van der Waals surface area contributed by atoms with Crippen molar-refractivity contribution in [2.45, 2.75) is 18.4 Å². The highest BCUT2D eigenvalue weighted by molar-refractivity contribution is 7.93. The van der Waals surface area contributed by atoms with Gasteiger partial charge in [0.1, 0.15) is 12.4 Å². The van der Waals surface area contributed by atoms with Crippen molar-refractivity contribution in [3.8, 4) is 5.75 Å². The zero-order chi connectivity index (χ0) is 27.8. The van der Waals surface area contributed by atoms with Gasteiger partial charge in [-0.05, 0) is 49.2 Å². The normalized spacial score (nSPS) is 20.3. The molecule has 14 heteroatoms. The molecule has 39 heavy (non-hydrogen) atoms. The summed E-state index contributed by atoms with van der Waals surface area (Å²) in [4.78, 5) is 21.0. The molecule has 1 N–H and O–H groups in total. The van der Waals surface area contributed by atoms with Crippen molar-refractivity contribution in [3.05, 3.63) is 58.2 Å². The van der Waals surface area contributed by atoms with Crippen LogP contribution in [0, 0.1) is 0 Å². The Balaban J connectivity index is 1.28. The first-order chi connectivity index (χ1) is 18.4. The van der Waals surface area contributed by atoms with Crippen LogP contribution in [0.4, 0.5) is 5.69 Å². The topological polar surface area (TPSA) is 129 Å². The van der Waals surface area contributed by atoms with Gasteiger partial charge in [-0.15, -0.1) is 0 Å². The number of anilines is 1. The van der Waals surface area contributed by atoms with E-state index in [1.54, 1.807) is 41.6 Å². The Kier molecular flexibility index (Phi) is 7.63. The van der Waals surface area contributed by atoms with E-state index in [9.17, 15) is 21.6 Å². The third-order valence-corrected chi connectivity index (χ3v) is 10.2. The van der Waals surface area contributed by atoms with E-state index in [1.165, 1.54) is 0 Å². The molecule has 4 heterocycles. The Hall–Kier alpha value is -2.71. The number of piperidine rings is 1. The molecule has 1 aromatic heterocycles. The molecule has 11 nitrogen and oxygen atoms in total. The number of piperazine rings is 1. The van der Waals surface area contributed by atoms with E-state index < -0.39 is 25.6 Å². The van der Waals surface area contributed by atoms with Gasteiger partial charge in [0.15, 0.2) is 0 Å². The smallest absolute Gasteiger partial charge is 0.243 e. The summed E-state index contributed by atoms with van der Waals surface area (Å²) in [6.07, 6.45) is 7.05. The minimum atomic E-state index is -3.94. The highest BCUT2D eigenvalue weighted by Gasteiger charge is 2.42. The van der Waals surface area contributed by atoms with Crippen molar-refractivity contribution >= 4 is 49.3 Å². The summed E-state index contributed by atoms with van der Waals surface area (Å²) in [5.41, 5.74) is 0.749. The van der Waals surface area contributed by atoms with E-state index >= 15 is 0 Å². The first-order valence-electron chi connectivity index (χ1n) is 12.5. The van der Waals surface area contributed by atoms with Crippen LogP contribution in [0.15, 0.2) is 47.6 Å². The molecule has 1 amide bonds. The summed E-state index contributed by atoms with van der Waals surface area (Å²) in [6.45, 7) is 1.12.